The lowest BCUT2D eigenvalue weighted by Crippen LogP contribution is -2.31. The summed E-state index contributed by atoms with van der Waals surface area (Å²) in [5, 5.41) is 4.16. The van der Waals surface area contributed by atoms with Crippen LogP contribution < -0.4 is 5.73 Å². The van der Waals surface area contributed by atoms with Crippen molar-refractivity contribution in [3.63, 3.8) is 0 Å². The highest BCUT2D eigenvalue weighted by Crippen LogP contribution is 2.22. The molecule has 1 rings (SSSR count). The molecule has 1 atom stereocenters. The normalized spacial score (nSPS) is 13.8. The van der Waals surface area contributed by atoms with E-state index in [4.69, 9.17) is 5.73 Å². The summed E-state index contributed by atoms with van der Waals surface area (Å²) in [7, 11) is 1.81. The van der Waals surface area contributed by atoms with Crippen LogP contribution in [-0.4, -0.2) is 21.6 Å². The Labute approximate surface area is 103 Å². The lowest BCUT2D eigenvalue weighted by molar-refractivity contribution is 0.0951. The van der Waals surface area contributed by atoms with Crippen molar-refractivity contribution in [2.75, 3.05) is 0 Å². The number of hydrogen-bond donors (Lipinski definition) is 1. The second-order valence-electron chi connectivity index (χ2n) is 5.87. The molecule has 0 aliphatic heterocycles. The van der Waals surface area contributed by atoms with Gasteiger partial charge in [-0.2, -0.15) is 5.10 Å². The first-order chi connectivity index (χ1) is 7.70. The van der Waals surface area contributed by atoms with Crippen molar-refractivity contribution >= 4 is 5.78 Å². The van der Waals surface area contributed by atoms with Crippen LogP contribution in [0.25, 0.3) is 0 Å². The fraction of sp³-hybridized carbons (Fsp3) is 0.692. The van der Waals surface area contributed by atoms with Crippen molar-refractivity contribution in [2.45, 2.75) is 46.6 Å². The smallest absolute Gasteiger partial charge is 0.182 e. The minimum atomic E-state index is -0.419. The van der Waals surface area contributed by atoms with Gasteiger partial charge in [0.15, 0.2) is 5.78 Å². The van der Waals surface area contributed by atoms with Crippen LogP contribution in [0.1, 0.15) is 49.7 Å². The van der Waals surface area contributed by atoms with Crippen LogP contribution >= 0.6 is 0 Å². The lowest BCUT2D eigenvalue weighted by atomic mass is 9.87. The van der Waals surface area contributed by atoms with E-state index in [-0.39, 0.29) is 11.2 Å². The first-order valence-electron chi connectivity index (χ1n) is 6.01. The van der Waals surface area contributed by atoms with Crippen molar-refractivity contribution in [1.29, 1.82) is 0 Å². The lowest BCUT2D eigenvalue weighted by Gasteiger charge is -2.20. The van der Waals surface area contributed by atoms with E-state index in [0.717, 1.165) is 18.5 Å². The average molecular weight is 237 g/mol. The third kappa shape index (κ3) is 3.97. The number of carbonyl (C=O) groups excluding carboxylic acids is 1. The number of carbonyl (C=O) groups is 1. The van der Waals surface area contributed by atoms with Crippen LogP contribution in [0.15, 0.2) is 6.20 Å². The van der Waals surface area contributed by atoms with Gasteiger partial charge < -0.3 is 5.73 Å². The molecule has 0 bridgehead atoms. The number of nitrogens with two attached hydrogens (primary N) is 1. The van der Waals surface area contributed by atoms with E-state index in [1.54, 1.807) is 10.9 Å². The van der Waals surface area contributed by atoms with Gasteiger partial charge in [-0.05, 0) is 25.2 Å². The van der Waals surface area contributed by atoms with Gasteiger partial charge >= 0.3 is 0 Å². The van der Waals surface area contributed by atoms with Crippen molar-refractivity contribution in [3.05, 3.63) is 17.5 Å². The molecule has 1 aromatic rings. The third-order valence-corrected chi connectivity index (χ3v) is 2.82. The minimum Gasteiger partial charge on any atom is -0.321 e. The van der Waals surface area contributed by atoms with Crippen LogP contribution in [-0.2, 0) is 7.05 Å². The summed E-state index contributed by atoms with van der Waals surface area (Å²) in [5.41, 5.74) is 7.56. The van der Waals surface area contributed by atoms with Gasteiger partial charge in [0.05, 0.1) is 17.3 Å². The molecule has 0 saturated heterocycles. The number of aryl methyl sites for hydroxylation is 2. The summed E-state index contributed by atoms with van der Waals surface area (Å²) in [6.45, 7) is 8.29. The van der Waals surface area contributed by atoms with Gasteiger partial charge in [-0.15, -0.1) is 0 Å². The molecular weight excluding hydrogens is 214 g/mol. The zero-order valence-corrected chi connectivity index (χ0v) is 11.4. The second-order valence-corrected chi connectivity index (χ2v) is 5.87. The zero-order chi connectivity index (χ0) is 13.2. The first-order valence-corrected chi connectivity index (χ1v) is 6.01. The molecule has 4 heteroatoms. The molecule has 1 heterocycles. The largest absolute Gasteiger partial charge is 0.321 e. The van der Waals surface area contributed by atoms with Crippen molar-refractivity contribution in [3.8, 4) is 0 Å². The minimum absolute atomic E-state index is 0.000139. The van der Waals surface area contributed by atoms with Gasteiger partial charge in [0.2, 0.25) is 0 Å². The van der Waals surface area contributed by atoms with Gasteiger partial charge in [-0.25, -0.2) is 0 Å². The van der Waals surface area contributed by atoms with E-state index in [9.17, 15) is 4.79 Å². The fourth-order valence-corrected chi connectivity index (χ4v) is 1.76. The standard InChI is InChI=1S/C13H23N3O/c1-9-10(8-16(5)15-9)12(17)11(14)6-7-13(2,3)4/h8,11H,6-7,14H2,1-5H3. The summed E-state index contributed by atoms with van der Waals surface area (Å²) in [4.78, 5) is 12.1. The number of rotatable bonds is 4. The summed E-state index contributed by atoms with van der Waals surface area (Å²) in [5.74, 6) is -0.000139. The molecule has 4 nitrogen and oxygen atoms in total. The Morgan fingerprint density at radius 1 is 1.53 bits per heavy atom. The van der Waals surface area contributed by atoms with Crippen LogP contribution in [0.5, 0.6) is 0 Å². The Bertz CT molecular complexity index is 401. The Morgan fingerprint density at radius 2 is 2.12 bits per heavy atom. The van der Waals surface area contributed by atoms with Gasteiger partial charge in [0, 0.05) is 13.2 Å². The molecule has 0 saturated carbocycles. The molecule has 0 aliphatic carbocycles. The molecule has 0 aromatic carbocycles. The molecule has 1 unspecified atom stereocenters. The topological polar surface area (TPSA) is 60.9 Å². The van der Waals surface area contributed by atoms with Crippen LogP contribution in [0.4, 0.5) is 0 Å². The highest BCUT2D eigenvalue weighted by Gasteiger charge is 2.21. The first kappa shape index (κ1) is 13.9. The zero-order valence-electron chi connectivity index (χ0n) is 11.4. The number of nitrogens with zero attached hydrogens (tertiary/aromatic N) is 2. The van der Waals surface area contributed by atoms with Crippen molar-refractivity contribution in [2.24, 2.45) is 18.2 Å². The van der Waals surface area contributed by atoms with Crippen molar-refractivity contribution in [1.82, 2.24) is 9.78 Å². The van der Waals surface area contributed by atoms with E-state index < -0.39 is 6.04 Å². The van der Waals surface area contributed by atoms with Gasteiger partial charge in [0.25, 0.3) is 0 Å². The van der Waals surface area contributed by atoms with E-state index in [0.29, 0.717) is 5.56 Å². The highest BCUT2D eigenvalue weighted by atomic mass is 16.1. The summed E-state index contributed by atoms with van der Waals surface area (Å²) in [6, 6.07) is -0.419. The van der Waals surface area contributed by atoms with E-state index in [1.165, 1.54) is 0 Å². The van der Waals surface area contributed by atoms with E-state index >= 15 is 0 Å². The average Bonchev–Trinajstić information content (AvgIpc) is 2.52. The maximum absolute atomic E-state index is 12.1. The Morgan fingerprint density at radius 3 is 2.53 bits per heavy atom. The molecule has 1 aromatic heterocycles. The summed E-state index contributed by atoms with van der Waals surface area (Å²) < 4.78 is 1.65. The Hall–Kier alpha value is -1.16. The van der Waals surface area contributed by atoms with Crippen LogP contribution in [0, 0.1) is 12.3 Å². The predicted octanol–water partition coefficient (Wildman–Crippen LogP) is 2.06. The monoisotopic (exact) mass is 237 g/mol. The van der Waals surface area contributed by atoms with Crippen molar-refractivity contribution < 1.29 is 4.79 Å². The van der Waals surface area contributed by atoms with Gasteiger partial charge in [-0.1, -0.05) is 20.8 Å². The van der Waals surface area contributed by atoms with E-state index in [1.807, 2.05) is 14.0 Å². The maximum atomic E-state index is 12.1. The summed E-state index contributed by atoms with van der Waals surface area (Å²) in [6.07, 6.45) is 3.41. The van der Waals surface area contributed by atoms with Crippen LogP contribution in [0.2, 0.25) is 0 Å². The molecule has 0 amide bonds. The third-order valence-electron chi connectivity index (χ3n) is 2.82. The quantitative estimate of drug-likeness (QED) is 0.815. The second kappa shape index (κ2) is 5.00. The number of ketones is 1. The number of hydrogen-bond acceptors (Lipinski definition) is 3. The van der Waals surface area contributed by atoms with Crippen LogP contribution in [0.3, 0.4) is 0 Å². The molecule has 0 spiro atoms. The number of aromatic nitrogens is 2. The molecule has 96 valence electrons. The molecule has 0 aliphatic rings. The van der Waals surface area contributed by atoms with Gasteiger partial charge in [0.1, 0.15) is 0 Å². The number of Topliss-reactive ketones (excluding diaryl/α,β-unsaturated/α-hetero) is 1. The fourth-order valence-electron chi connectivity index (χ4n) is 1.76. The molecule has 0 radical (unpaired) electrons. The molecule has 2 N–H and O–H groups in total. The SMILES string of the molecule is Cc1nn(C)cc1C(=O)C(N)CCC(C)(C)C. The maximum Gasteiger partial charge on any atom is 0.182 e. The molecule has 0 fully saturated rings. The van der Waals surface area contributed by atoms with E-state index in [2.05, 4.69) is 25.9 Å². The van der Waals surface area contributed by atoms with Gasteiger partial charge in [-0.3, -0.25) is 9.48 Å². The predicted molar refractivity (Wildman–Crippen MR) is 68.9 cm³/mol. The molecule has 17 heavy (non-hydrogen) atoms. The summed E-state index contributed by atoms with van der Waals surface area (Å²) >= 11 is 0. The molecular formula is C13H23N3O. The highest BCUT2D eigenvalue weighted by molar-refractivity contribution is 6.00. The Balaban J connectivity index is 2.67. The Kier molecular flexibility index (Phi) is 4.09.